The van der Waals surface area contributed by atoms with Gasteiger partial charge >= 0.3 is 0 Å². The molecule has 2 aliphatic heterocycles. The van der Waals surface area contributed by atoms with Crippen LogP contribution in [0.15, 0.2) is 53.4 Å². The van der Waals surface area contributed by atoms with Gasteiger partial charge in [0.25, 0.3) is 0 Å². The standard InChI is InChI=1S/C23H27ClN4O5S/c1-33-19-6-4-18(5-7-19)26-12-14-27(15-13-26)22(29)16-21-23(30)25-10-11-28(21)34(31,32)20-8-2-17(24)3-9-20/h2-9,21H,10-16H2,1H3,(H,25,30)/t21-/m0/s1. The average molecular weight is 507 g/mol. The molecule has 0 radical (unpaired) electrons. The lowest BCUT2D eigenvalue weighted by atomic mass is 10.1. The van der Waals surface area contributed by atoms with E-state index in [9.17, 15) is 18.0 Å². The van der Waals surface area contributed by atoms with Crippen molar-refractivity contribution in [3.05, 3.63) is 53.6 Å². The predicted octanol–water partition coefficient (Wildman–Crippen LogP) is 1.58. The molecule has 34 heavy (non-hydrogen) atoms. The lowest BCUT2D eigenvalue weighted by Crippen LogP contribution is -2.59. The molecule has 2 heterocycles. The van der Waals surface area contributed by atoms with Gasteiger partial charge in [0.2, 0.25) is 21.8 Å². The summed E-state index contributed by atoms with van der Waals surface area (Å²) in [7, 11) is -2.34. The van der Waals surface area contributed by atoms with Crippen LogP contribution in [-0.4, -0.2) is 81.9 Å². The van der Waals surface area contributed by atoms with Crippen LogP contribution in [0.5, 0.6) is 5.75 Å². The van der Waals surface area contributed by atoms with Crippen molar-refractivity contribution in [2.75, 3.05) is 51.3 Å². The Kier molecular flexibility index (Phi) is 7.30. The van der Waals surface area contributed by atoms with E-state index < -0.39 is 22.0 Å². The molecule has 11 heteroatoms. The Morgan fingerprint density at radius 2 is 1.68 bits per heavy atom. The van der Waals surface area contributed by atoms with Gasteiger partial charge in [-0.05, 0) is 48.5 Å². The number of carbonyl (C=O) groups excluding carboxylic acids is 2. The molecule has 0 bridgehead atoms. The number of methoxy groups -OCH3 is 1. The maximum atomic E-state index is 13.2. The van der Waals surface area contributed by atoms with E-state index in [0.717, 1.165) is 15.7 Å². The Morgan fingerprint density at radius 1 is 1.03 bits per heavy atom. The number of hydrogen-bond donors (Lipinski definition) is 1. The van der Waals surface area contributed by atoms with Gasteiger partial charge in [0.1, 0.15) is 11.8 Å². The van der Waals surface area contributed by atoms with Crippen LogP contribution in [-0.2, 0) is 19.6 Å². The third-order valence-electron chi connectivity index (χ3n) is 6.14. The van der Waals surface area contributed by atoms with E-state index in [1.165, 1.54) is 24.3 Å². The first-order valence-electron chi connectivity index (χ1n) is 11.0. The highest BCUT2D eigenvalue weighted by molar-refractivity contribution is 7.89. The van der Waals surface area contributed by atoms with Crippen molar-refractivity contribution >= 4 is 39.1 Å². The predicted molar refractivity (Wildman–Crippen MR) is 129 cm³/mol. The first kappa shape index (κ1) is 24.3. The van der Waals surface area contributed by atoms with Gasteiger partial charge in [0, 0.05) is 50.0 Å². The first-order chi connectivity index (χ1) is 16.3. The molecule has 2 amide bonds. The zero-order chi connectivity index (χ0) is 24.3. The van der Waals surface area contributed by atoms with E-state index in [4.69, 9.17) is 16.3 Å². The van der Waals surface area contributed by atoms with Crippen LogP contribution < -0.4 is 15.0 Å². The summed E-state index contributed by atoms with van der Waals surface area (Å²) in [6, 6.07) is 12.4. The minimum Gasteiger partial charge on any atom is -0.497 e. The topological polar surface area (TPSA) is 99.3 Å². The Balaban J connectivity index is 1.42. The molecular weight excluding hydrogens is 480 g/mol. The number of ether oxygens (including phenoxy) is 1. The second-order valence-electron chi connectivity index (χ2n) is 8.15. The summed E-state index contributed by atoms with van der Waals surface area (Å²) in [6.07, 6.45) is -0.207. The molecule has 4 rings (SSSR count). The molecule has 182 valence electrons. The van der Waals surface area contributed by atoms with E-state index in [-0.39, 0.29) is 30.3 Å². The minimum absolute atomic E-state index is 0.0390. The first-order valence-corrected chi connectivity index (χ1v) is 12.8. The fourth-order valence-electron chi connectivity index (χ4n) is 4.22. The highest BCUT2D eigenvalue weighted by atomic mass is 35.5. The quantitative estimate of drug-likeness (QED) is 0.638. The van der Waals surface area contributed by atoms with Gasteiger partial charge < -0.3 is 19.9 Å². The summed E-state index contributed by atoms with van der Waals surface area (Å²) in [5.41, 5.74) is 1.04. The lowest BCUT2D eigenvalue weighted by molar-refractivity contribution is -0.137. The third kappa shape index (κ3) is 5.13. The molecule has 2 saturated heterocycles. The molecule has 2 aliphatic rings. The average Bonchev–Trinajstić information content (AvgIpc) is 2.85. The molecule has 0 aromatic heterocycles. The zero-order valence-corrected chi connectivity index (χ0v) is 20.4. The normalized spacial score (nSPS) is 19.6. The van der Waals surface area contributed by atoms with E-state index in [1.54, 1.807) is 12.0 Å². The van der Waals surface area contributed by atoms with Crippen molar-refractivity contribution in [1.82, 2.24) is 14.5 Å². The van der Waals surface area contributed by atoms with Crippen LogP contribution in [0.4, 0.5) is 5.69 Å². The summed E-state index contributed by atoms with van der Waals surface area (Å²) in [6.45, 7) is 2.55. The Labute approximate surface area is 204 Å². The van der Waals surface area contributed by atoms with Gasteiger partial charge in [-0.3, -0.25) is 9.59 Å². The van der Waals surface area contributed by atoms with Gasteiger partial charge in [0.15, 0.2) is 0 Å². The number of carbonyl (C=O) groups is 2. The Bertz CT molecular complexity index is 1130. The lowest BCUT2D eigenvalue weighted by Gasteiger charge is -2.38. The van der Waals surface area contributed by atoms with E-state index >= 15 is 0 Å². The molecule has 1 atom stereocenters. The van der Waals surface area contributed by atoms with E-state index in [1.807, 2.05) is 24.3 Å². The molecule has 0 spiro atoms. The highest BCUT2D eigenvalue weighted by Crippen LogP contribution is 2.24. The van der Waals surface area contributed by atoms with Crippen LogP contribution in [0.3, 0.4) is 0 Å². The second kappa shape index (κ2) is 10.2. The van der Waals surface area contributed by atoms with Crippen molar-refractivity contribution in [2.24, 2.45) is 0 Å². The fourth-order valence-corrected chi connectivity index (χ4v) is 5.93. The van der Waals surface area contributed by atoms with E-state index in [0.29, 0.717) is 31.2 Å². The Hall–Kier alpha value is -2.82. The highest BCUT2D eigenvalue weighted by Gasteiger charge is 2.40. The number of benzene rings is 2. The molecule has 0 aliphatic carbocycles. The number of anilines is 1. The number of piperazine rings is 2. The largest absolute Gasteiger partial charge is 0.497 e. The number of amides is 2. The SMILES string of the molecule is COc1ccc(N2CCN(C(=O)C[C@H]3C(=O)NCCN3S(=O)(=O)c3ccc(Cl)cc3)CC2)cc1. The summed E-state index contributed by atoms with van der Waals surface area (Å²) in [5, 5.41) is 3.10. The van der Waals surface area contributed by atoms with E-state index in [2.05, 4.69) is 10.2 Å². The van der Waals surface area contributed by atoms with Crippen molar-refractivity contribution in [2.45, 2.75) is 17.4 Å². The van der Waals surface area contributed by atoms with Crippen LogP contribution in [0.25, 0.3) is 0 Å². The van der Waals surface area contributed by atoms with Crippen molar-refractivity contribution < 1.29 is 22.7 Å². The number of halogens is 1. The fraction of sp³-hybridized carbons (Fsp3) is 0.391. The van der Waals surface area contributed by atoms with Gasteiger partial charge in [-0.2, -0.15) is 4.31 Å². The Morgan fingerprint density at radius 3 is 2.29 bits per heavy atom. The summed E-state index contributed by atoms with van der Waals surface area (Å²) in [5.74, 6) is 0.0724. The molecular formula is C23H27ClN4O5S. The zero-order valence-electron chi connectivity index (χ0n) is 18.8. The minimum atomic E-state index is -3.96. The van der Waals surface area contributed by atoms with Gasteiger partial charge in [-0.1, -0.05) is 11.6 Å². The summed E-state index contributed by atoms with van der Waals surface area (Å²) in [4.78, 5) is 29.6. The molecule has 9 nitrogen and oxygen atoms in total. The van der Waals surface area contributed by atoms with Crippen molar-refractivity contribution in [3.63, 3.8) is 0 Å². The van der Waals surface area contributed by atoms with Crippen LogP contribution >= 0.6 is 11.6 Å². The molecule has 2 aromatic carbocycles. The number of sulfonamides is 1. The maximum Gasteiger partial charge on any atom is 0.243 e. The second-order valence-corrected chi connectivity index (χ2v) is 10.5. The molecule has 1 N–H and O–H groups in total. The molecule has 2 fully saturated rings. The smallest absolute Gasteiger partial charge is 0.243 e. The molecule has 0 unspecified atom stereocenters. The van der Waals surface area contributed by atoms with Gasteiger partial charge in [0.05, 0.1) is 18.4 Å². The van der Waals surface area contributed by atoms with Gasteiger partial charge in [-0.15, -0.1) is 0 Å². The van der Waals surface area contributed by atoms with Gasteiger partial charge in [-0.25, -0.2) is 8.42 Å². The van der Waals surface area contributed by atoms with Crippen LogP contribution in [0.1, 0.15) is 6.42 Å². The number of hydrogen-bond acceptors (Lipinski definition) is 6. The molecule has 2 aromatic rings. The van der Waals surface area contributed by atoms with Crippen molar-refractivity contribution in [1.29, 1.82) is 0 Å². The number of nitrogens with one attached hydrogen (secondary N) is 1. The summed E-state index contributed by atoms with van der Waals surface area (Å²) >= 11 is 5.89. The monoisotopic (exact) mass is 506 g/mol. The number of rotatable bonds is 6. The van der Waals surface area contributed by atoms with Crippen LogP contribution in [0, 0.1) is 0 Å². The maximum absolute atomic E-state index is 13.2. The molecule has 0 saturated carbocycles. The third-order valence-corrected chi connectivity index (χ3v) is 8.31. The number of nitrogens with zero attached hydrogens (tertiary/aromatic N) is 3. The van der Waals surface area contributed by atoms with Crippen LogP contribution in [0.2, 0.25) is 5.02 Å². The van der Waals surface area contributed by atoms with Crippen molar-refractivity contribution in [3.8, 4) is 5.75 Å². The summed E-state index contributed by atoms with van der Waals surface area (Å²) < 4.78 is 32.8.